The van der Waals surface area contributed by atoms with Gasteiger partial charge in [-0.15, -0.1) is 0 Å². The van der Waals surface area contributed by atoms with E-state index >= 15 is 0 Å². The number of hydrogen-bond donors (Lipinski definition) is 1. The summed E-state index contributed by atoms with van der Waals surface area (Å²) in [7, 11) is 0. The summed E-state index contributed by atoms with van der Waals surface area (Å²) >= 11 is 2.21. The van der Waals surface area contributed by atoms with E-state index in [1.165, 1.54) is 0 Å². The molecule has 16 heavy (non-hydrogen) atoms. The van der Waals surface area contributed by atoms with E-state index in [-0.39, 0.29) is 11.3 Å². The third-order valence-corrected chi connectivity index (χ3v) is 3.78. The molecule has 0 bridgehead atoms. The molecule has 3 nitrogen and oxygen atoms in total. The molecule has 1 aliphatic rings. The predicted molar refractivity (Wildman–Crippen MR) is 70.9 cm³/mol. The Morgan fingerprint density at radius 3 is 2.75 bits per heavy atom. The summed E-state index contributed by atoms with van der Waals surface area (Å²) in [6.45, 7) is 0. The fraction of sp³-hybridized carbons (Fsp3) is 0.250. The molecule has 2 aromatic rings. The van der Waals surface area contributed by atoms with E-state index in [9.17, 15) is 9.90 Å². The lowest BCUT2D eigenvalue weighted by molar-refractivity contribution is 0.476. The molecule has 0 aliphatic heterocycles. The molecule has 0 amide bonds. The zero-order valence-corrected chi connectivity index (χ0v) is 10.6. The number of rotatable bonds is 1. The Bertz CT molecular complexity index is 629. The lowest BCUT2D eigenvalue weighted by atomic mass is 10.1. The number of hydrogen-bond acceptors (Lipinski definition) is 2. The van der Waals surface area contributed by atoms with Gasteiger partial charge in [-0.1, -0.05) is 0 Å². The lowest BCUT2D eigenvalue weighted by Gasteiger charge is -2.08. The van der Waals surface area contributed by atoms with E-state index in [1.54, 1.807) is 18.2 Å². The van der Waals surface area contributed by atoms with E-state index in [0.717, 1.165) is 21.8 Å². The van der Waals surface area contributed by atoms with Crippen LogP contribution < -0.4 is 5.56 Å². The summed E-state index contributed by atoms with van der Waals surface area (Å²) < 4.78 is 2.83. The summed E-state index contributed by atoms with van der Waals surface area (Å²) in [4.78, 5) is 12.2. The van der Waals surface area contributed by atoms with Gasteiger partial charge in [0.1, 0.15) is 5.75 Å². The van der Waals surface area contributed by atoms with Crippen molar-refractivity contribution in [3.63, 3.8) is 0 Å². The molecule has 3 rings (SSSR count). The Morgan fingerprint density at radius 1 is 1.31 bits per heavy atom. The van der Waals surface area contributed by atoms with Crippen LogP contribution in [0.5, 0.6) is 5.75 Å². The van der Waals surface area contributed by atoms with Crippen LogP contribution in [-0.4, -0.2) is 9.67 Å². The molecule has 1 N–H and O–H groups in total. The molecule has 4 heteroatoms. The Morgan fingerprint density at radius 2 is 2.06 bits per heavy atom. The highest BCUT2D eigenvalue weighted by molar-refractivity contribution is 14.1. The smallest absolute Gasteiger partial charge is 0.258 e. The third kappa shape index (κ3) is 1.52. The van der Waals surface area contributed by atoms with Gasteiger partial charge < -0.3 is 9.67 Å². The first-order chi connectivity index (χ1) is 7.66. The minimum absolute atomic E-state index is 0.0536. The first kappa shape index (κ1) is 10.1. The van der Waals surface area contributed by atoms with Crippen molar-refractivity contribution >= 4 is 33.4 Å². The number of benzene rings is 1. The van der Waals surface area contributed by atoms with Crippen LogP contribution in [0.3, 0.4) is 0 Å². The minimum atomic E-state index is 0.0536. The van der Waals surface area contributed by atoms with Gasteiger partial charge in [-0.2, -0.15) is 0 Å². The Hall–Kier alpha value is -1.04. The molecule has 1 heterocycles. The molecule has 0 atom stereocenters. The first-order valence-electron chi connectivity index (χ1n) is 5.20. The number of nitrogens with zero attached hydrogens (tertiary/aromatic N) is 1. The molecule has 82 valence electrons. The molecule has 1 aliphatic carbocycles. The van der Waals surface area contributed by atoms with Crippen molar-refractivity contribution in [1.82, 2.24) is 4.57 Å². The Kier molecular flexibility index (Phi) is 2.20. The third-order valence-electron chi connectivity index (χ3n) is 2.92. The fourth-order valence-corrected chi connectivity index (χ4v) is 2.68. The molecule has 1 aromatic carbocycles. The van der Waals surface area contributed by atoms with Crippen molar-refractivity contribution in [1.29, 1.82) is 0 Å². The molecule has 1 fully saturated rings. The molecule has 0 saturated heterocycles. The average Bonchev–Trinajstić information content (AvgIpc) is 3.07. The molecule has 0 spiro atoms. The maximum absolute atomic E-state index is 12.2. The summed E-state index contributed by atoms with van der Waals surface area (Å²) in [6.07, 6.45) is 4.08. The van der Waals surface area contributed by atoms with Gasteiger partial charge in [0, 0.05) is 26.6 Å². The van der Waals surface area contributed by atoms with Gasteiger partial charge >= 0.3 is 0 Å². The van der Waals surface area contributed by atoms with Crippen molar-refractivity contribution < 1.29 is 5.11 Å². The van der Waals surface area contributed by atoms with E-state index in [4.69, 9.17) is 0 Å². The molecule has 1 aromatic heterocycles. The van der Waals surface area contributed by atoms with Gasteiger partial charge in [-0.05, 0) is 53.6 Å². The van der Waals surface area contributed by atoms with Crippen molar-refractivity contribution in [2.75, 3.05) is 0 Å². The number of phenols is 1. The van der Waals surface area contributed by atoms with E-state index < -0.39 is 0 Å². The second-order valence-corrected chi connectivity index (χ2v) is 5.31. The van der Waals surface area contributed by atoms with Crippen molar-refractivity contribution in [2.45, 2.75) is 18.9 Å². The van der Waals surface area contributed by atoms with Gasteiger partial charge in [0.05, 0.1) is 0 Å². The van der Waals surface area contributed by atoms with Gasteiger partial charge in [0.2, 0.25) is 0 Å². The molecule has 0 unspecified atom stereocenters. The van der Waals surface area contributed by atoms with Crippen LogP contribution >= 0.6 is 22.6 Å². The monoisotopic (exact) mass is 327 g/mol. The van der Waals surface area contributed by atoms with Gasteiger partial charge in [-0.25, -0.2) is 0 Å². The summed E-state index contributed by atoms with van der Waals surface area (Å²) in [5, 5.41) is 11.0. The van der Waals surface area contributed by atoms with Crippen LogP contribution in [0.25, 0.3) is 10.8 Å². The summed E-state index contributed by atoms with van der Waals surface area (Å²) in [5.41, 5.74) is 0.0536. The Labute approximate surface area is 106 Å². The predicted octanol–water partition coefficient (Wildman–Crippen LogP) is 2.65. The van der Waals surface area contributed by atoms with E-state index in [0.29, 0.717) is 11.4 Å². The highest BCUT2D eigenvalue weighted by Gasteiger charge is 2.25. The number of pyridine rings is 1. The standard InChI is InChI=1S/C12H10INO2/c13-11-6-14(7-1-2-7)12(16)9-4-3-8(15)5-10(9)11/h3-7,15H,1-2H2. The van der Waals surface area contributed by atoms with Gasteiger partial charge in [-0.3, -0.25) is 4.79 Å². The maximum atomic E-state index is 12.2. The normalized spacial score (nSPS) is 15.6. The average molecular weight is 327 g/mol. The van der Waals surface area contributed by atoms with Crippen molar-refractivity contribution in [3.05, 3.63) is 38.3 Å². The molecule has 0 radical (unpaired) electrons. The first-order valence-corrected chi connectivity index (χ1v) is 6.28. The second kappa shape index (κ2) is 3.48. The summed E-state index contributed by atoms with van der Waals surface area (Å²) in [5.74, 6) is 0.203. The topological polar surface area (TPSA) is 42.2 Å². The molecular weight excluding hydrogens is 317 g/mol. The molecule has 1 saturated carbocycles. The van der Waals surface area contributed by atoms with E-state index in [1.807, 2.05) is 10.8 Å². The highest BCUT2D eigenvalue weighted by Crippen LogP contribution is 2.34. The SMILES string of the molecule is O=c1c2ccc(O)cc2c(I)cn1C1CC1. The van der Waals surface area contributed by atoms with Crippen molar-refractivity contribution in [2.24, 2.45) is 0 Å². The highest BCUT2D eigenvalue weighted by atomic mass is 127. The van der Waals surface area contributed by atoms with Crippen LogP contribution in [0.4, 0.5) is 0 Å². The van der Waals surface area contributed by atoms with Crippen LogP contribution in [0, 0.1) is 3.57 Å². The minimum Gasteiger partial charge on any atom is -0.508 e. The lowest BCUT2D eigenvalue weighted by Crippen LogP contribution is -2.19. The zero-order chi connectivity index (χ0) is 11.3. The number of aromatic nitrogens is 1. The Balaban J connectivity index is 2.39. The number of fused-ring (bicyclic) bond motifs is 1. The zero-order valence-electron chi connectivity index (χ0n) is 8.48. The summed E-state index contributed by atoms with van der Waals surface area (Å²) in [6, 6.07) is 5.31. The fourth-order valence-electron chi connectivity index (χ4n) is 1.93. The van der Waals surface area contributed by atoms with Crippen LogP contribution in [0.1, 0.15) is 18.9 Å². The second-order valence-electron chi connectivity index (χ2n) is 4.15. The van der Waals surface area contributed by atoms with Gasteiger partial charge in [0.25, 0.3) is 5.56 Å². The van der Waals surface area contributed by atoms with Crippen LogP contribution in [-0.2, 0) is 0 Å². The van der Waals surface area contributed by atoms with Gasteiger partial charge in [0.15, 0.2) is 0 Å². The number of aromatic hydroxyl groups is 1. The van der Waals surface area contributed by atoms with Crippen molar-refractivity contribution in [3.8, 4) is 5.75 Å². The quantitative estimate of drug-likeness (QED) is 0.819. The van der Waals surface area contributed by atoms with Crippen LogP contribution in [0.15, 0.2) is 29.2 Å². The largest absolute Gasteiger partial charge is 0.508 e. The number of phenolic OH excluding ortho intramolecular Hbond substituents is 1. The molecular formula is C12H10INO2. The number of halogens is 1. The van der Waals surface area contributed by atoms with E-state index in [2.05, 4.69) is 22.6 Å². The maximum Gasteiger partial charge on any atom is 0.258 e. The van der Waals surface area contributed by atoms with Crippen LogP contribution in [0.2, 0.25) is 0 Å².